The van der Waals surface area contributed by atoms with E-state index in [-0.39, 0.29) is 36.1 Å². The lowest BCUT2D eigenvalue weighted by molar-refractivity contribution is -0.137. The molecule has 25 heavy (non-hydrogen) atoms. The molecule has 0 aliphatic heterocycles. The van der Waals surface area contributed by atoms with E-state index in [1.807, 2.05) is 0 Å². The van der Waals surface area contributed by atoms with Crippen LogP contribution in [0.15, 0.2) is 23.6 Å². The lowest BCUT2D eigenvalue weighted by Crippen LogP contribution is -2.15. The molecular formula is C15H17ClF3N3O2S. The molecule has 0 aliphatic carbocycles. The summed E-state index contributed by atoms with van der Waals surface area (Å²) in [5.41, 5.74) is 4.63. The van der Waals surface area contributed by atoms with Crippen LogP contribution >= 0.6 is 23.7 Å². The zero-order valence-corrected chi connectivity index (χ0v) is 14.9. The molecule has 1 amide bonds. The first kappa shape index (κ1) is 21.2. The molecule has 0 spiro atoms. The van der Waals surface area contributed by atoms with Gasteiger partial charge in [0.05, 0.1) is 22.9 Å². The zero-order chi connectivity index (χ0) is 17.7. The van der Waals surface area contributed by atoms with Crippen molar-refractivity contribution in [2.75, 3.05) is 18.5 Å². The monoisotopic (exact) mass is 395 g/mol. The number of ether oxygens (including phenoxy) is 1. The van der Waals surface area contributed by atoms with Crippen LogP contribution in [0.2, 0.25) is 0 Å². The molecule has 0 aliphatic rings. The molecule has 0 radical (unpaired) electrons. The third kappa shape index (κ3) is 5.58. The van der Waals surface area contributed by atoms with Gasteiger partial charge in [-0.25, -0.2) is 4.98 Å². The van der Waals surface area contributed by atoms with Crippen molar-refractivity contribution >= 4 is 35.3 Å². The molecule has 2 rings (SSSR count). The quantitative estimate of drug-likeness (QED) is 0.781. The highest BCUT2D eigenvalue weighted by Gasteiger charge is 2.31. The molecule has 5 nitrogen and oxygen atoms in total. The number of nitrogens with two attached hydrogens (primary N) is 1. The summed E-state index contributed by atoms with van der Waals surface area (Å²) < 4.78 is 43.8. The van der Waals surface area contributed by atoms with Crippen molar-refractivity contribution < 1.29 is 22.7 Å². The maximum absolute atomic E-state index is 12.9. The van der Waals surface area contributed by atoms with Gasteiger partial charge in [0, 0.05) is 11.8 Å². The molecule has 138 valence electrons. The maximum Gasteiger partial charge on any atom is 0.416 e. The first-order chi connectivity index (χ1) is 11.3. The summed E-state index contributed by atoms with van der Waals surface area (Å²) in [7, 11) is 0. The Bertz CT molecular complexity index is 722. The second-order valence-corrected chi connectivity index (χ2v) is 5.70. The summed E-state index contributed by atoms with van der Waals surface area (Å²) in [5.74, 6) is -0.439. The van der Waals surface area contributed by atoms with Crippen LogP contribution in [0.1, 0.15) is 28.0 Å². The lowest BCUT2D eigenvalue weighted by Gasteiger charge is -2.14. The normalized spacial score (nSPS) is 10.9. The number of alkyl halides is 3. The Morgan fingerprint density at radius 3 is 2.72 bits per heavy atom. The van der Waals surface area contributed by atoms with E-state index in [1.165, 1.54) is 22.8 Å². The Morgan fingerprint density at radius 1 is 1.40 bits per heavy atom. The van der Waals surface area contributed by atoms with Crippen molar-refractivity contribution in [1.29, 1.82) is 0 Å². The second kappa shape index (κ2) is 9.02. The molecule has 0 fully saturated rings. The van der Waals surface area contributed by atoms with Crippen molar-refractivity contribution in [3.05, 3.63) is 39.8 Å². The molecule has 1 aromatic heterocycles. The molecule has 1 aromatic carbocycles. The Labute approximate surface area is 152 Å². The van der Waals surface area contributed by atoms with Gasteiger partial charge in [-0.1, -0.05) is 0 Å². The van der Waals surface area contributed by atoms with Gasteiger partial charge in [-0.3, -0.25) is 4.79 Å². The maximum atomic E-state index is 12.9. The van der Waals surface area contributed by atoms with Crippen LogP contribution in [-0.2, 0) is 12.6 Å². The minimum Gasteiger partial charge on any atom is -0.492 e. The summed E-state index contributed by atoms with van der Waals surface area (Å²) in [4.78, 5) is 16.3. The average Bonchev–Trinajstić information content (AvgIpc) is 2.97. The van der Waals surface area contributed by atoms with Crippen molar-refractivity contribution in [1.82, 2.24) is 4.98 Å². The summed E-state index contributed by atoms with van der Waals surface area (Å²) in [5, 5.41) is 4.66. The van der Waals surface area contributed by atoms with Gasteiger partial charge in [0.25, 0.3) is 5.91 Å². The Kier molecular flexibility index (Phi) is 7.65. The van der Waals surface area contributed by atoms with Crippen LogP contribution in [0.25, 0.3) is 0 Å². The second-order valence-electron chi connectivity index (χ2n) is 4.76. The van der Waals surface area contributed by atoms with E-state index < -0.39 is 17.6 Å². The Balaban J connectivity index is 0.00000312. The number of halogens is 4. The number of hydrogen-bond donors (Lipinski definition) is 2. The predicted octanol–water partition coefficient (Wildman–Crippen LogP) is 3.74. The number of benzene rings is 1. The van der Waals surface area contributed by atoms with E-state index >= 15 is 0 Å². The molecule has 10 heteroatoms. The number of carbonyl (C=O) groups is 1. The van der Waals surface area contributed by atoms with E-state index in [4.69, 9.17) is 10.5 Å². The van der Waals surface area contributed by atoms with Gasteiger partial charge in [0.15, 0.2) is 0 Å². The Morgan fingerprint density at radius 2 is 2.12 bits per heavy atom. The van der Waals surface area contributed by atoms with E-state index in [0.717, 1.165) is 12.1 Å². The lowest BCUT2D eigenvalue weighted by atomic mass is 10.1. The molecule has 0 atom stereocenters. The summed E-state index contributed by atoms with van der Waals surface area (Å²) in [6.07, 6.45) is -3.98. The number of rotatable bonds is 6. The molecule has 0 unspecified atom stereocenters. The topological polar surface area (TPSA) is 77.2 Å². The number of anilines is 1. The van der Waals surface area contributed by atoms with E-state index in [2.05, 4.69) is 10.3 Å². The van der Waals surface area contributed by atoms with E-state index in [0.29, 0.717) is 18.0 Å². The highest BCUT2D eigenvalue weighted by Crippen LogP contribution is 2.35. The van der Waals surface area contributed by atoms with Gasteiger partial charge < -0.3 is 15.8 Å². The summed E-state index contributed by atoms with van der Waals surface area (Å²) in [6.45, 7) is 2.35. The van der Waals surface area contributed by atoms with Crippen molar-refractivity contribution in [3.8, 4) is 5.75 Å². The largest absolute Gasteiger partial charge is 0.492 e. The first-order valence-corrected chi connectivity index (χ1v) is 8.03. The fourth-order valence-electron chi connectivity index (χ4n) is 1.93. The number of thiazole rings is 1. The molecule has 0 saturated carbocycles. The fraction of sp³-hybridized carbons (Fsp3) is 0.333. The third-order valence-corrected chi connectivity index (χ3v) is 3.91. The van der Waals surface area contributed by atoms with Crippen molar-refractivity contribution in [3.63, 3.8) is 0 Å². The highest BCUT2D eigenvalue weighted by atomic mass is 35.5. The van der Waals surface area contributed by atoms with Crippen LogP contribution < -0.4 is 15.8 Å². The van der Waals surface area contributed by atoms with Crippen LogP contribution in [0, 0.1) is 0 Å². The van der Waals surface area contributed by atoms with Crippen molar-refractivity contribution in [2.24, 2.45) is 5.73 Å². The first-order valence-electron chi connectivity index (χ1n) is 7.15. The molecule has 0 bridgehead atoms. The van der Waals surface area contributed by atoms with Gasteiger partial charge in [0.2, 0.25) is 0 Å². The smallest absolute Gasteiger partial charge is 0.416 e. The van der Waals surface area contributed by atoms with Gasteiger partial charge in [0.1, 0.15) is 11.4 Å². The molecule has 2 aromatic rings. The summed E-state index contributed by atoms with van der Waals surface area (Å²) in [6, 6.07) is 2.93. The van der Waals surface area contributed by atoms with Gasteiger partial charge >= 0.3 is 6.18 Å². The van der Waals surface area contributed by atoms with Crippen LogP contribution in [-0.4, -0.2) is 24.0 Å². The highest BCUT2D eigenvalue weighted by molar-refractivity contribution is 7.09. The van der Waals surface area contributed by atoms with Gasteiger partial charge in [-0.2, -0.15) is 13.2 Å². The van der Waals surface area contributed by atoms with Gasteiger partial charge in [-0.05, 0) is 31.7 Å². The predicted molar refractivity (Wildman–Crippen MR) is 92.7 cm³/mol. The fourth-order valence-corrected chi connectivity index (χ4v) is 2.72. The number of carbonyl (C=O) groups excluding carboxylic acids is 1. The van der Waals surface area contributed by atoms with Crippen LogP contribution in [0.5, 0.6) is 5.75 Å². The van der Waals surface area contributed by atoms with Crippen LogP contribution in [0.4, 0.5) is 18.9 Å². The summed E-state index contributed by atoms with van der Waals surface area (Å²) >= 11 is 1.27. The number of nitrogens with one attached hydrogen (secondary N) is 1. The zero-order valence-electron chi connectivity index (χ0n) is 13.2. The number of nitrogens with zero attached hydrogens (tertiary/aromatic N) is 1. The average molecular weight is 396 g/mol. The molecule has 3 N–H and O–H groups in total. The SMILES string of the molecule is CCOc1ccc(C(F)(F)F)cc1NC(=O)c1csc(CCN)n1.Cl. The molecule has 1 heterocycles. The number of aromatic nitrogens is 1. The van der Waals surface area contributed by atoms with E-state index in [9.17, 15) is 18.0 Å². The standard InChI is InChI=1S/C15H16F3N3O2S.ClH/c1-2-23-12-4-3-9(15(16,17)18)7-10(12)21-14(22)11-8-24-13(20-11)5-6-19;/h3-4,7-8H,2,5-6,19H2,1H3,(H,21,22);1H. The molecule has 0 saturated heterocycles. The number of hydrogen-bond acceptors (Lipinski definition) is 5. The number of amides is 1. The third-order valence-electron chi connectivity index (χ3n) is 3.00. The van der Waals surface area contributed by atoms with Gasteiger partial charge in [-0.15, -0.1) is 23.7 Å². The Hall–Kier alpha value is -1.84. The van der Waals surface area contributed by atoms with Crippen LogP contribution in [0.3, 0.4) is 0 Å². The van der Waals surface area contributed by atoms with E-state index in [1.54, 1.807) is 6.92 Å². The minimum atomic E-state index is -4.51. The van der Waals surface area contributed by atoms with Crippen molar-refractivity contribution in [2.45, 2.75) is 19.5 Å². The minimum absolute atomic E-state index is 0. The molecular weight excluding hydrogens is 379 g/mol.